The van der Waals surface area contributed by atoms with Gasteiger partial charge < -0.3 is 24.4 Å². The topological polar surface area (TPSA) is 45.6 Å². The molecule has 3 aromatic rings. The van der Waals surface area contributed by atoms with E-state index < -0.39 is 0 Å². The minimum Gasteiger partial charge on any atom is -0.492 e. The van der Waals surface area contributed by atoms with E-state index >= 15 is 0 Å². The third-order valence-corrected chi connectivity index (χ3v) is 7.57. The van der Waals surface area contributed by atoms with Crippen molar-refractivity contribution in [2.24, 2.45) is 0 Å². The summed E-state index contributed by atoms with van der Waals surface area (Å²) in [5.41, 5.74) is 2.27. The number of hydrogen-bond donors (Lipinski definition) is 1. The largest absolute Gasteiger partial charge is 0.492 e. The van der Waals surface area contributed by atoms with Crippen molar-refractivity contribution in [1.29, 1.82) is 0 Å². The number of benzene rings is 2. The fourth-order valence-electron chi connectivity index (χ4n) is 4.68. The Bertz CT molecular complexity index is 1080. The molecule has 1 aromatic heterocycles. The summed E-state index contributed by atoms with van der Waals surface area (Å²) in [6, 6.07) is 14.2. The highest BCUT2D eigenvalue weighted by atomic mass is 35.5. The molecule has 0 amide bonds. The molecule has 204 valence electrons. The van der Waals surface area contributed by atoms with Gasteiger partial charge in [-0.2, -0.15) is 0 Å². The monoisotopic (exact) mass is 547 g/mol. The zero-order valence-electron chi connectivity index (χ0n) is 22.9. The summed E-state index contributed by atoms with van der Waals surface area (Å²) in [6.45, 7) is 17.4. The molecule has 0 saturated carbocycles. The van der Waals surface area contributed by atoms with Crippen molar-refractivity contribution in [3.63, 3.8) is 0 Å². The van der Waals surface area contributed by atoms with Crippen LogP contribution in [-0.4, -0.2) is 71.3 Å². The first-order valence-electron chi connectivity index (χ1n) is 13.7. The van der Waals surface area contributed by atoms with E-state index in [1.807, 2.05) is 6.07 Å². The first kappa shape index (κ1) is 29.7. The van der Waals surface area contributed by atoms with Crippen LogP contribution in [0.25, 0.3) is 11.0 Å². The van der Waals surface area contributed by atoms with Crippen LogP contribution in [0.15, 0.2) is 42.5 Å². The molecule has 3 rings (SSSR count). The number of nitrogens with zero attached hydrogens (tertiary/aromatic N) is 4. The van der Waals surface area contributed by atoms with Gasteiger partial charge in [0.05, 0.1) is 29.2 Å². The molecule has 0 aliphatic heterocycles. The van der Waals surface area contributed by atoms with E-state index in [0.717, 1.165) is 76.5 Å². The Balaban J connectivity index is 1.65. The number of imidazole rings is 1. The molecule has 37 heavy (non-hydrogen) atoms. The number of para-hydroxylation sites is 2. The number of nitrogens with one attached hydrogen (secondary N) is 1. The van der Waals surface area contributed by atoms with Crippen molar-refractivity contribution in [2.75, 3.05) is 45.9 Å². The van der Waals surface area contributed by atoms with Crippen molar-refractivity contribution >= 4 is 34.2 Å². The van der Waals surface area contributed by atoms with Crippen LogP contribution in [0, 0.1) is 0 Å². The highest BCUT2D eigenvalue weighted by Gasteiger charge is 2.16. The fourth-order valence-corrected chi connectivity index (χ4v) is 5.15. The quantitative estimate of drug-likeness (QED) is 0.199. The van der Waals surface area contributed by atoms with Crippen LogP contribution in [0.4, 0.5) is 0 Å². The zero-order chi connectivity index (χ0) is 26.6. The summed E-state index contributed by atoms with van der Waals surface area (Å²) >= 11 is 12.3. The van der Waals surface area contributed by atoms with E-state index in [2.05, 4.69) is 71.6 Å². The second-order valence-corrected chi connectivity index (χ2v) is 10.2. The summed E-state index contributed by atoms with van der Waals surface area (Å²) < 4.78 is 8.33. The molecular weight excluding hydrogens is 505 g/mol. The summed E-state index contributed by atoms with van der Waals surface area (Å²) in [5.74, 6) is 1.78. The van der Waals surface area contributed by atoms with Crippen LogP contribution >= 0.6 is 23.2 Å². The van der Waals surface area contributed by atoms with E-state index in [4.69, 9.17) is 32.9 Å². The molecule has 6 nitrogen and oxygen atoms in total. The van der Waals surface area contributed by atoms with Gasteiger partial charge in [0.25, 0.3) is 0 Å². The van der Waals surface area contributed by atoms with E-state index in [-0.39, 0.29) is 0 Å². The smallest absolute Gasteiger partial charge is 0.137 e. The van der Waals surface area contributed by atoms with Crippen LogP contribution in [0.5, 0.6) is 5.75 Å². The van der Waals surface area contributed by atoms with E-state index in [1.165, 1.54) is 5.52 Å². The lowest BCUT2D eigenvalue weighted by molar-refractivity contribution is 0.239. The lowest BCUT2D eigenvalue weighted by Gasteiger charge is -2.26. The number of halogens is 2. The van der Waals surface area contributed by atoms with Gasteiger partial charge in [-0.3, -0.25) is 0 Å². The standard InChI is InChI=1S/C29H43Cl2N5O/c1-5-34(6-2)17-18-36-27-14-10-9-13-26(27)33-29(36)21-32-24(22-35(7-3)8-4)12-11-19-37-28-16-15-23(30)20-25(28)31/h9-10,13-16,20,24,32H,5-8,11-12,17-19,21-22H2,1-4H3. The molecule has 0 fully saturated rings. The molecular formula is C29H43Cl2N5O. The van der Waals surface area contributed by atoms with Gasteiger partial charge in [0.2, 0.25) is 0 Å². The Hall–Kier alpha value is -1.83. The number of aromatic nitrogens is 2. The second kappa shape index (κ2) is 15.6. The Morgan fingerprint density at radius 2 is 1.70 bits per heavy atom. The number of hydrogen-bond acceptors (Lipinski definition) is 5. The van der Waals surface area contributed by atoms with Crippen molar-refractivity contribution < 1.29 is 4.74 Å². The highest BCUT2D eigenvalue weighted by molar-refractivity contribution is 6.35. The van der Waals surface area contributed by atoms with Crippen LogP contribution in [-0.2, 0) is 13.1 Å². The first-order chi connectivity index (χ1) is 18.0. The lowest BCUT2D eigenvalue weighted by atomic mass is 10.1. The average molecular weight is 549 g/mol. The lowest BCUT2D eigenvalue weighted by Crippen LogP contribution is -2.41. The third-order valence-electron chi connectivity index (χ3n) is 7.04. The molecule has 0 aliphatic carbocycles. The van der Waals surface area contributed by atoms with Crippen molar-refractivity contribution in [3.05, 3.63) is 58.3 Å². The van der Waals surface area contributed by atoms with Crippen molar-refractivity contribution in [3.8, 4) is 5.75 Å². The summed E-state index contributed by atoms with van der Waals surface area (Å²) in [5, 5.41) is 5.00. The van der Waals surface area contributed by atoms with Gasteiger partial charge in [0, 0.05) is 30.7 Å². The predicted octanol–water partition coefficient (Wildman–Crippen LogP) is 6.34. The van der Waals surface area contributed by atoms with E-state index in [0.29, 0.717) is 28.4 Å². The Morgan fingerprint density at radius 1 is 0.973 bits per heavy atom. The minimum atomic E-state index is 0.334. The van der Waals surface area contributed by atoms with Gasteiger partial charge in [0.1, 0.15) is 11.6 Å². The normalized spacial score (nSPS) is 12.6. The van der Waals surface area contributed by atoms with E-state index in [9.17, 15) is 0 Å². The van der Waals surface area contributed by atoms with Crippen molar-refractivity contribution in [2.45, 2.75) is 59.7 Å². The molecule has 1 N–H and O–H groups in total. The molecule has 0 saturated heterocycles. The SMILES string of the molecule is CCN(CC)CCn1c(CNC(CCCOc2ccc(Cl)cc2Cl)CN(CC)CC)nc2ccccc21. The average Bonchev–Trinajstić information content (AvgIpc) is 3.26. The highest BCUT2D eigenvalue weighted by Crippen LogP contribution is 2.27. The zero-order valence-corrected chi connectivity index (χ0v) is 24.4. The Labute approximate surface area is 232 Å². The third kappa shape index (κ3) is 8.86. The van der Waals surface area contributed by atoms with Crippen LogP contribution < -0.4 is 10.1 Å². The number of fused-ring (bicyclic) bond motifs is 1. The molecule has 8 heteroatoms. The molecule has 0 aliphatic rings. The van der Waals surface area contributed by atoms with E-state index in [1.54, 1.807) is 12.1 Å². The molecule has 1 heterocycles. The Kier molecular flexibility index (Phi) is 12.5. The molecule has 0 radical (unpaired) electrons. The molecule has 1 atom stereocenters. The molecule has 0 spiro atoms. The van der Waals surface area contributed by atoms with Gasteiger partial charge in [-0.15, -0.1) is 0 Å². The maximum atomic E-state index is 6.27. The Morgan fingerprint density at radius 3 is 2.41 bits per heavy atom. The second-order valence-electron chi connectivity index (χ2n) is 9.32. The molecule has 0 bridgehead atoms. The number of ether oxygens (including phenoxy) is 1. The van der Waals surface area contributed by atoms with Crippen molar-refractivity contribution in [1.82, 2.24) is 24.7 Å². The number of rotatable bonds is 17. The van der Waals surface area contributed by atoms with Gasteiger partial charge in [-0.25, -0.2) is 4.98 Å². The maximum Gasteiger partial charge on any atom is 0.137 e. The molecule has 1 unspecified atom stereocenters. The maximum absolute atomic E-state index is 6.27. The van der Waals surface area contributed by atoms with Crippen LogP contribution in [0.1, 0.15) is 46.4 Å². The fraction of sp³-hybridized carbons (Fsp3) is 0.552. The number of likely N-dealkylation sites (N-methyl/N-ethyl adjacent to an activating group) is 2. The minimum absolute atomic E-state index is 0.334. The van der Waals surface area contributed by atoms with Gasteiger partial charge in [0.15, 0.2) is 0 Å². The van der Waals surface area contributed by atoms with Gasteiger partial charge in [-0.05, 0) is 69.4 Å². The van der Waals surface area contributed by atoms with Crippen LogP contribution in [0.2, 0.25) is 10.0 Å². The predicted molar refractivity (Wildman–Crippen MR) is 157 cm³/mol. The first-order valence-corrected chi connectivity index (χ1v) is 14.4. The van der Waals surface area contributed by atoms with Gasteiger partial charge in [-0.1, -0.05) is 63.0 Å². The molecule has 2 aromatic carbocycles. The summed E-state index contributed by atoms with van der Waals surface area (Å²) in [6.07, 6.45) is 1.93. The van der Waals surface area contributed by atoms with Crippen LogP contribution in [0.3, 0.4) is 0 Å². The summed E-state index contributed by atoms with van der Waals surface area (Å²) in [4.78, 5) is 9.94. The van der Waals surface area contributed by atoms with Gasteiger partial charge >= 0.3 is 0 Å². The summed E-state index contributed by atoms with van der Waals surface area (Å²) in [7, 11) is 0.